The Bertz CT molecular complexity index is 206. The zero-order valence-corrected chi connectivity index (χ0v) is 7.48. The Kier molecular flexibility index (Phi) is 2.69. The third kappa shape index (κ3) is 1.62. The molecule has 0 aliphatic rings. The first-order valence-electron chi connectivity index (χ1n) is 4.29. The number of aromatic nitrogens is 1. The van der Waals surface area contributed by atoms with Gasteiger partial charge in [-0.25, -0.2) is 4.98 Å². The highest BCUT2D eigenvalue weighted by molar-refractivity contribution is 5.09. The van der Waals surface area contributed by atoms with Gasteiger partial charge in [0, 0.05) is 12.8 Å². The highest BCUT2D eigenvalue weighted by Crippen LogP contribution is 2.12. The van der Waals surface area contributed by atoms with Crippen LogP contribution in [0.5, 0.6) is 0 Å². The van der Waals surface area contributed by atoms with Crippen molar-refractivity contribution < 1.29 is 4.42 Å². The highest BCUT2D eigenvalue weighted by Gasteiger charge is 2.07. The van der Waals surface area contributed by atoms with Crippen molar-refractivity contribution in [1.82, 2.24) is 4.98 Å². The maximum atomic E-state index is 5.49. The summed E-state index contributed by atoms with van der Waals surface area (Å²) in [6.07, 6.45) is 2.83. The maximum Gasteiger partial charge on any atom is 0.194 e. The fourth-order valence-electron chi connectivity index (χ4n) is 1.14. The first kappa shape index (κ1) is 8.31. The zero-order valence-electron chi connectivity index (χ0n) is 7.48. The van der Waals surface area contributed by atoms with Gasteiger partial charge in [-0.3, -0.25) is 0 Å². The summed E-state index contributed by atoms with van der Waals surface area (Å²) in [5.74, 6) is 1.93. The van der Waals surface area contributed by atoms with Crippen LogP contribution >= 0.6 is 0 Å². The van der Waals surface area contributed by atoms with E-state index in [-0.39, 0.29) is 0 Å². The monoisotopic (exact) mass is 153 g/mol. The van der Waals surface area contributed by atoms with Crippen molar-refractivity contribution in [1.29, 1.82) is 0 Å². The first-order valence-corrected chi connectivity index (χ1v) is 4.29. The van der Waals surface area contributed by atoms with E-state index in [0.717, 1.165) is 36.6 Å². The van der Waals surface area contributed by atoms with E-state index >= 15 is 0 Å². The molecule has 1 heterocycles. The van der Waals surface area contributed by atoms with Gasteiger partial charge < -0.3 is 4.42 Å². The lowest BCUT2D eigenvalue weighted by Gasteiger charge is -1.89. The molecule has 0 saturated heterocycles. The third-order valence-electron chi connectivity index (χ3n) is 1.78. The number of nitrogens with zero attached hydrogens (tertiary/aromatic N) is 1. The van der Waals surface area contributed by atoms with E-state index in [9.17, 15) is 0 Å². The van der Waals surface area contributed by atoms with Gasteiger partial charge in [-0.15, -0.1) is 0 Å². The molecule has 0 atom stereocenters. The molecule has 0 spiro atoms. The number of rotatable bonds is 3. The van der Waals surface area contributed by atoms with Gasteiger partial charge in [0.05, 0.1) is 5.69 Å². The van der Waals surface area contributed by atoms with E-state index in [1.54, 1.807) is 0 Å². The minimum atomic E-state index is 0.874. The molecular formula is C9H15NO. The summed E-state index contributed by atoms with van der Waals surface area (Å²) >= 11 is 0. The molecule has 1 aromatic heterocycles. The number of aryl methyl sites for hydroxylation is 3. The Labute approximate surface area is 67.6 Å². The Balaban J connectivity index is 2.92. The first-order chi connectivity index (χ1) is 5.31. The average Bonchev–Trinajstić information content (AvgIpc) is 2.46. The van der Waals surface area contributed by atoms with Crippen LogP contribution in [0.3, 0.4) is 0 Å². The molecule has 2 nitrogen and oxygen atoms in total. The minimum absolute atomic E-state index is 0.874. The molecule has 0 unspecified atom stereocenters. The lowest BCUT2D eigenvalue weighted by molar-refractivity contribution is 0.462. The molecule has 0 aliphatic carbocycles. The summed E-state index contributed by atoms with van der Waals surface area (Å²) in [4.78, 5) is 4.35. The molecule has 0 saturated carbocycles. The van der Waals surface area contributed by atoms with Crippen molar-refractivity contribution in [3.63, 3.8) is 0 Å². The quantitative estimate of drug-likeness (QED) is 0.666. The van der Waals surface area contributed by atoms with E-state index in [4.69, 9.17) is 4.42 Å². The van der Waals surface area contributed by atoms with E-state index in [2.05, 4.69) is 25.8 Å². The number of hydrogen-bond acceptors (Lipinski definition) is 2. The topological polar surface area (TPSA) is 26.0 Å². The van der Waals surface area contributed by atoms with Gasteiger partial charge >= 0.3 is 0 Å². The molecule has 62 valence electrons. The molecule has 1 rings (SSSR count). The van der Waals surface area contributed by atoms with Gasteiger partial charge in [0.25, 0.3) is 0 Å². The maximum absolute atomic E-state index is 5.49. The van der Waals surface area contributed by atoms with E-state index < -0.39 is 0 Å². The minimum Gasteiger partial charge on any atom is -0.445 e. The SMILES string of the molecule is CCc1nc(CC)c(CC)o1. The summed E-state index contributed by atoms with van der Waals surface area (Å²) in [5, 5.41) is 0. The van der Waals surface area contributed by atoms with Crippen LogP contribution in [0.4, 0.5) is 0 Å². The van der Waals surface area contributed by atoms with Gasteiger partial charge in [-0.05, 0) is 6.42 Å². The summed E-state index contributed by atoms with van der Waals surface area (Å²) < 4.78 is 5.49. The average molecular weight is 153 g/mol. The second-order valence-corrected chi connectivity index (χ2v) is 2.54. The van der Waals surface area contributed by atoms with Crippen LogP contribution in [-0.4, -0.2) is 4.98 Å². The predicted molar refractivity (Wildman–Crippen MR) is 44.6 cm³/mol. The summed E-state index contributed by atoms with van der Waals surface area (Å²) in [7, 11) is 0. The van der Waals surface area contributed by atoms with Crippen molar-refractivity contribution in [2.24, 2.45) is 0 Å². The second kappa shape index (κ2) is 3.56. The lowest BCUT2D eigenvalue weighted by atomic mass is 10.2. The van der Waals surface area contributed by atoms with Crippen LogP contribution in [-0.2, 0) is 19.3 Å². The summed E-state index contributed by atoms with van der Waals surface area (Å²) in [6, 6.07) is 0. The molecule has 0 aliphatic heterocycles. The standard InChI is InChI=1S/C9H15NO/c1-4-7-8(5-2)11-9(6-3)10-7/h4-6H2,1-3H3. The molecule has 0 fully saturated rings. The molecule has 11 heavy (non-hydrogen) atoms. The molecule has 0 bridgehead atoms. The van der Waals surface area contributed by atoms with Crippen molar-refractivity contribution in [3.05, 3.63) is 17.3 Å². The van der Waals surface area contributed by atoms with E-state index in [0.29, 0.717) is 0 Å². The van der Waals surface area contributed by atoms with Crippen LogP contribution < -0.4 is 0 Å². The molecule has 0 amide bonds. The van der Waals surface area contributed by atoms with Gasteiger partial charge in [0.15, 0.2) is 5.89 Å². The van der Waals surface area contributed by atoms with Crippen LogP contribution in [0.25, 0.3) is 0 Å². The predicted octanol–water partition coefficient (Wildman–Crippen LogP) is 2.36. The van der Waals surface area contributed by atoms with Crippen molar-refractivity contribution in [2.45, 2.75) is 40.0 Å². The number of hydrogen-bond donors (Lipinski definition) is 0. The molecule has 0 N–H and O–H groups in total. The summed E-state index contributed by atoms with van der Waals surface area (Å²) in [6.45, 7) is 6.26. The second-order valence-electron chi connectivity index (χ2n) is 2.54. The van der Waals surface area contributed by atoms with E-state index in [1.165, 1.54) is 0 Å². The number of oxazole rings is 1. The molecule has 0 aromatic carbocycles. The highest BCUT2D eigenvalue weighted by atomic mass is 16.4. The van der Waals surface area contributed by atoms with Gasteiger partial charge in [0.2, 0.25) is 0 Å². The van der Waals surface area contributed by atoms with Crippen LogP contribution in [0.15, 0.2) is 4.42 Å². The van der Waals surface area contributed by atoms with Crippen molar-refractivity contribution in [3.8, 4) is 0 Å². The van der Waals surface area contributed by atoms with Gasteiger partial charge in [0.1, 0.15) is 5.76 Å². The zero-order chi connectivity index (χ0) is 8.27. The van der Waals surface area contributed by atoms with Gasteiger partial charge in [-0.2, -0.15) is 0 Å². The molecule has 1 aromatic rings. The van der Waals surface area contributed by atoms with Crippen LogP contribution in [0, 0.1) is 0 Å². The largest absolute Gasteiger partial charge is 0.445 e. The molecular weight excluding hydrogens is 138 g/mol. The van der Waals surface area contributed by atoms with E-state index in [1.807, 2.05) is 0 Å². The molecule has 0 radical (unpaired) electrons. The third-order valence-corrected chi connectivity index (χ3v) is 1.78. The van der Waals surface area contributed by atoms with Crippen LogP contribution in [0.1, 0.15) is 38.1 Å². The van der Waals surface area contributed by atoms with Crippen LogP contribution in [0.2, 0.25) is 0 Å². The Morgan fingerprint density at radius 1 is 1.09 bits per heavy atom. The Hall–Kier alpha value is -0.790. The van der Waals surface area contributed by atoms with Crippen molar-refractivity contribution >= 4 is 0 Å². The normalized spacial score (nSPS) is 10.5. The Morgan fingerprint density at radius 3 is 2.18 bits per heavy atom. The Morgan fingerprint density at radius 2 is 1.82 bits per heavy atom. The van der Waals surface area contributed by atoms with Gasteiger partial charge in [-0.1, -0.05) is 20.8 Å². The summed E-state index contributed by atoms with van der Waals surface area (Å²) in [5.41, 5.74) is 1.13. The fourth-order valence-corrected chi connectivity index (χ4v) is 1.14. The lowest BCUT2D eigenvalue weighted by Crippen LogP contribution is -1.86. The smallest absolute Gasteiger partial charge is 0.194 e. The molecule has 2 heteroatoms. The van der Waals surface area contributed by atoms with Crippen molar-refractivity contribution in [2.75, 3.05) is 0 Å². The fraction of sp³-hybridized carbons (Fsp3) is 0.667.